The number of carbonyl (C=O) groups is 1. The molecule has 0 bridgehead atoms. The Morgan fingerprint density at radius 3 is 2.47 bits per heavy atom. The molecule has 0 atom stereocenters. The van der Waals surface area contributed by atoms with E-state index in [1.165, 1.54) is 14.1 Å². The molecule has 1 aromatic rings. The highest BCUT2D eigenvalue weighted by Crippen LogP contribution is 2.18. The van der Waals surface area contributed by atoms with Crippen LogP contribution in [0.2, 0.25) is 0 Å². The van der Waals surface area contributed by atoms with Crippen LogP contribution in [0.1, 0.15) is 17.5 Å². The maximum Gasteiger partial charge on any atom is 0.225 e. The maximum absolute atomic E-state index is 11.8. The van der Waals surface area contributed by atoms with Gasteiger partial charge in [-0.1, -0.05) is 12.1 Å². The van der Waals surface area contributed by atoms with E-state index in [-0.39, 0.29) is 18.1 Å². The zero-order valence-corrected chi connectivity index (χ0v) is 12.5. The van der Waals surface area contributed by atoms with Crippen LogP contribution in [0.5, 0.6) is 0 Å². The number of amides is 1. The van der Waals surface area contributed by atoms with Gasteiger partial charge >= 0.3 is 0 Å². The molecule has 0 unspecified atom stereocenters. The number of anilines is 1. The summed E-state index contributed by atoms with van der Waals surface area (Å²) < 4.78 is 24.2. The summed E-state index contributed by atoms with van der Waals surface area (Å²) in [5, 5.41) is 2.74. The third-order valence-electron chi connectivity index (χ3n) is 3.02. The normalized spacial score (nSPS) is 11.6. The first-order valence-corrected chi connectivity index (χ1v) is 7.61. The molecule has 1 amide bonds. The molecule has 0 spiro atoms. The SMILES string of the molecule is Cc1cccc(NC(=O)CCS(=O)(=O)N(C)C)c1C. The first-order chi connectivity index (χ1) is 8.74. The molecule has 0 fully saturated rings. The Morgan fingerprint density at radius 1 is 1.26 bits per heavy atom. The molecule has 1 N–H and O–H groups in total. The van der Waals surface area contributed by atoms with E-state index >= 15 is 0 Å². The first kappa shape index (κ1) is 15.7. The zero-order valence-electron chi connectivity index (χ0n) is 11.7. The van der Waals surface area contributed by atoms with Crippen molar-refractivity contribution in [1.29, 1.82) is 0 Å². The van der Waals surface area contributed by atoms with E-state index in [9.17, 15) is 13.2 Å². The fourth-order valence-corrected chi connectivity index (χ4v) is 2.31. The van der Waals surface area contributed by atoms with E-state index in [1.54, 1.807) is 6.07 Å². The quantitative estimate of drug-likeness (QED) is 0.891. The van der Waals surface area contributed by atoms with Crippen molar-refractivity contribution in [2.45, 2.75) is 20.3 Å². The lowest BCUT2D eigenvalue weighted by atomic mass is 10.1. The van der Waals surface area contributed by atoms with Gasteiger partial charge in [-0.2, -0.15) is 0 Å². The second-order valence-electron chi connectivity index (χ2n) is 4.64. The second-order valence-corrected chi connectivity index (χ2v) is 6.95. The van der Waals surface area contributed by atoms with Crippen LogP contribution in [0.15, 0.2) is 18.2 Å². The van der Waals surface area contributed by atoms with E-state index in [0.29, 0.717) is 0 Å². The Bertz CT molecular complexity index is 565. The summed E-state index contributed by atoms with van der Waals surface area (Å²) in [5.41, 5.74) is 2.80. The summed E-state index contributed by atoms with van der Waals surface area (Å²) in [4.78, 5) is 11.8. The number of nitrogens with one attached hydrogen (secondary N) is 1. The van der Waals surface area contributed by atoms with Crippen molar-refractivity contribution >= 4 is 21.6 Å². The number of hydrogen-bond acceptors (Lipinski definition) is 3. The van der Waals surface area contributed by atoms with E-state index in [4.69, 9.17) is 0 Å². The monoisotopic (exact) mass is 284 g/mol. The summed E-state index contributed by atoms with van der Waals surface area (Å²) in [6.07, 6.45) is -0.0477. The van der Waals surface area contributed by atoms with Crippen LogP contribution < -0.4 is 5.32 Å². The average molecular weight is 284 g/mol. The largest absolute Gasteiger partial charge is 0.326 e. The molecule has 0 radical (unpaired) electrons. The summed E-state index contributed by atoms with van der Waals surface area (Å²) >= 11 is 0. The van der Waals surface area contributed by atoms with Crippen molar-refractivity contribution in [3.05, 3.63) is 29.3 Å². The minimum Gasteiger partial charge on any atom is -0.326 e. The van der Waals surface area contributed by atoms with Gasteiger partial charge in [0.2, 0.25) is 15.9 Å². The van der Waals surface area contributed by atoms with Gasteiger partial charge in [-0.15, -0.1) is 0 Å². The van der Waals surface area contributed by atoms with Crippen molar-refractivity contribution in [3.8, 4) is 0 Å². The van der Waals surface area contributed by atoms with Crippen LogP contribution in [0, 0.1) is 13.8 Å². The van der Waals surface area contributed by atoms with E-state index in [0.717, 1.165) is 21.1 Å². The Balaban J connectivity index is 2.64. The molecule has 0 aromatic heterocycles. The molecule has 1 aromatic carbocycles. The highest BCUT2D eigenvalue weighted by molar-refractivity contribution is 7.89. The molecule has 5 nitrogen and oxygen atoms in total. The highest BCUT2D eigenvalue weighted by atomic mass is 32.2. The molecule has 0 saturated carbocycles. The summed E-state index contributed by atoms with van der Waals surface area (Å²) in [6, 6.07) is 5.62. The Kier molecular flexibility index (Phi) is 5.08. The zero-order chi connectivity index (χ0) is 14.6. The molecule has 0 aliphatic carbocycles. The van der Waals surface area contributed by atoms with Crippen molar-refractivity contribution in [2.24, 2.45) is 0 Å². The summed E-state index contributed by atoms with van der Waals surface area (Å²) in [7, 11) is -0.419. The highest BCUT2D eigenvalue weighted by Gasteiger charge is 2.16. The van der Waals surface area contributed by atoms with Gasteiger partial charge in [-0.05, 0) is 31.0 Å². The third kappa shape index (κ3) is 4.33. The fraction of sp³-hybridized carbons (Fsp3) is 0.462. The van der Waals surface area contributed by atoms with Crippen molar-refractivity contribution in [1.82, 2.24) is 4.31 Å². The van der Waals surface area contributed by atoms with Gasteiger partial charge in [0.25, 0.3) is 0 Å². The Labute approximate surface area is 114 Å². The minimum atomic E-state index is -3.33. The van der Waals surface area contributed by atoms with Crippen LogP contribution in [0.25, 0.3) is 0 Å². The molecule has 0 heterocycles. The lowest BCUT2D eigenvalue weighted by molar-refractivity contribution is -0.115. The fourth-order valence-electron chi connectivity index (χ4n) is 1.50. The van der Waals surface area contributed by atoms with Gasteiger partial charge in [0.05, 0.1) is 5.75 Å². The predicted octanol–water partition coefficient (Wildman–Crippen LogP) is 1.52. The molecule has 0 aliphatic heterocycles. The number of carbonyl (C=O) groups excluding carboxylic acids is 1. The summed E-state index contributed by atoms with van der Waals surface area (Å²) in [5.74, 6) is -0.476. The molecule has 6 heteroatoms. The second kappa shape index (κ2) is 6.16. The number of hydrogen-bond donors (Lipinski definition) is 1. The van der Waals surface area contributed by atoms with Crippen LogP contribution in [-0.2, 0) is 14.8 Å². The number of sulfonamides is 1. The maximum atomic E-state index is 11.8. The van der Waals surface area contributed by atoms with Gasteiger partial charge < -0.3 is 5.32 Å². The minimum absolute atomic E-state index is 0.0477. The van der Waals surface area contributed by atoms with E-state index < -0.39 is 10.0 Å². The van der Waals surface area contributed by atoms with Crippen LogP contribution in [0.3, 0.4) is 0 Å². The van der Waals surface area contributed by atoms with Crippen LogP contribution >= 0.6 is 0 Å². The number of aryl methyl sites for hydroxylation is 1. The number of rotatable bonds is 5. The van der Waals surface area contributed by atoms with Gasteiger partial charge in [0.1, 0.15) is 0 Å². The van der Waals surface area contributed by atoms with Gasteiger partial charge in [0.15, 0.2) is 0 Å². The van der Waals surface area contributed by atoms with Gasteiger partial charge in [0, 0.05) is 26.2 Å². The van der Waals surface area contributed by atoms with Gasteiger partial charge in [-0.25, -0.2) is 12.7 Å². The molecular weight excluding hydrogens is 264 g/mol. The van der Waals surface area contributed by atoms with Crippen LogP contribution in [0.4, 0.5) is 5.69 Å². The van der Waals surface area contributed by atoms with Crippen molar-refractivity contribution < 1.29 is 13.2 Å². The predicted molar refractivity (Wildman–Crippen MR) is 76.6 cm³/mol. The van der Waals surface area contributed by atoms with Crippen LogP contribution in [-0.4, -0.2) is 38.5 Å². The topological polar surface area (TPSA) is 66.5 Å². The molecule has 1 rings (SSSR count). The molecule has 19 heavy (non-hydrogen) atoms. The first-order valence-electron chi connectivity index (χ1n) is 6.00. The van der Waals surface area contributed by atoms with E-state index in [1.807, 2.05) is 26.0 Å². The van der Waals surface area contributed by atoms with Crippen molar-refractivity contribution in [3.63, 3.8) is 0 Å². The number of benzene rings is 1. The summed E-state index contributed by atoms with van der Waals surface area (Å²) in [6.45, 7) is 3.88. The smallest absolute Gasteiger partial charge is 0.225 e. The molecule has 0 aliphatic rings. The average Bonchev–Trinajstić information content (AvgIpc) is 2.32. The third-order valence-corrected chi connectivity index (χ3v) is 4.85. The standard InChI is InChI=1S/C13H20N2O3S/c1-10-6-5-7-12(11(10)2)14-13(16)8-9-19(17,18)15(3)4/h5-7H,8-9H2,1-4H3,(H,14,16). The Morgan fingerprint density at radius 2 is 1.89 bits per heavy atom. The lowest BCUT2D eigenvalue weighted by Crippen LogP contribution is -2.27. The molecule has 0 saturated heterocycles. The molecule has 106 valence electrons. The van der Waals surface area contributed by atoms with Gasteiger partial charge in [-0.3, -0.25) is 4.79 Å². The lowest BCUT2D eigenvalue weighted by Gasteiger charge is -2.12. The van der Waals surface area contributed by atoms with Crippen molar-refractivity contribution in [2.75, 3.05) is 25.2 Å². The number of nitrogens with zero attached hydrogens (tertiary/aromatic N) is 1. The van der Waals surface area contributed by atoms with E-state index in [2.05, 4.69) is 5.32 Å². The molecular formula is C13H20N2O3S. The Hall–Kier alpha value is -1.40.